The highest BCUT2D eigenvalue weighted by Gasteiger charge is 2.18. The van der Waals surface area contributed by atoms with Crippen LogP contribution in [-0.2, 0) is 16.6 Å². The van der Waals surface area contributed by atoms with Gasteiger partial charge in [0.1, 0.15) is 0 Å². The van der Waals surface area contributed by atoms with E-state index in [-0.39, 0.29) is 10.9 Å². The van der Waals surface area contributed by atoms with Crippen LogP contribution in [0.3, 0.4) is 0 Å². The number of hydrogen-bond donors (Lipinski definition) is 2. The predicted octanol–water partition coefficient (Wildman–Crippen LogP) is 2.04. The number of halogens is 2. The molecule has 0 atom stereocenters. The zero-order valence-corrected chi connectivity index (χ0v) is 12.6. The second kappa shape index (κ2) is 7.10. The lowest BCUT2D eigenvalue weighted by molar-refractivity contribution is 0.153. The molecule has 7 heteroatoms. The average molecular weight is 306 g/mol. The van der Waals surface area contributed by atoms with Crippen molar-refractivity contribution < 1.29 is 17.2 Å². The van der Waals surface area contributed by atoms with Gasteiger partial charge in [0.25, 0.3) is 6.43 Å². The van der Waals surface area contributed by atoms with Gasteiger partial charge < -0.3 is 5.32 Å². The van der Waals surface area contributed by atoms with Crippen molar-refractivity contribution in [1.82, 2.24) is 10.0 Å². The highest BCUT2D eigenvalue weighted by atomic mass is 32.2. The number of hydrogen-bond acceptors (Lipinski definition) is 3. The van der Waals surface area contributed by atoms with Gasteiger partial charge in [-0.2, -0.15) is 0 Å². The number of aryl methyl sites for hydroxylation is 1. The van der Waals surface area contributed by atoms with Crippen molar-refractivity contribution in [3.63, 3.8) is 0 Å². The summed E-state index contributed by atoms with van der Waals surface area (Å²) in [5.74, 6) is 0. The minimum absolute atomic E-state index is 0.0428. The molecule has 0 fully saturated rings. The van der Waals surface area contributed by atoms with Crippen molar-refractivity contribution in [2.24, 2.45) is 0 Å². The summed E-state index contributed by atoms with van der Waals surface area (Å²) in [7, 11) is -3.90. The molecule has 0 unspecified atom stereocenters. The van der Waals surface area contributed by atoms with Gasteiger partial charge >= 0.3 is 0 Å². The third kappa shape index (κ3) is 5.15. The monoisotopic (exact) mass is 306 g/mol. The fourth-order valence-electron chi connectivity index (χ4n) is 1.62. The number of rotatable bonds is 7. The van der Waals surface area contributed by atoms with Crippen LogP contribution in [0.5, 0.6) is 0 Å². The fraction of sp³-hybridized carbons (Fsp3) is 0.538. The molecule has 0 aromatic heterocycles. The molecule has 0 spiro atoms. The molecule has 0 radical (unpaired) electrons. The van der Waals surface area contributed by atoms with E-state index < -0.39 is 23.0 Å². The van der Waals surface area contributed by atoms with Crippen LogP contribution in [0.25, 0.3) is 0 Å². The molecule has 1 aromatic rings. The number of alkyl halides is 2. The van der Waals surface area contributed by atoms with E-state index in [0.29, 0.717) is 12.1 Å². The third-order valence-corrected chi connectivity index (χ3v) is 4.25. The van der Waals surface area contributed by atoms with E-state index in [1.165, 1.54) is 6.07 Å². The van der Waals surface area contributed by atoms with Crippen LogP contribution in [0.4, 0.5) is 8.78 Å². The zero-order chi connectivity index (χ0) is 15.3. The van der Waals surface area contributed by atoms with E-state index in [1.807, 2.05) is 24.6 Å². The van der Waals surface area contributed by atoms with Crippen molar-refractivity contribution in [2.75, 3.05) is 6.54 Å². The van der Waals surface area contributed by atoms with Crippen molar-refractivity contribution in [1.29, 1.82) is 0 Å². The Kier molecular flexibility index (Phi) is 6.04. The third-order valence-electron chi connectivity index (χ3n) is 2.68. The number of benzene rings is 1. The second-order valence-corrected chi connectivity index (χ2v) is 6.61. The van der Waals surface area contributed by atoms with Gasteiger partial charge in [-0.05, 0) is 24.1 Å². The van der Waals surface area contributed by atoms with E-state index >= 15 is 0 Å². The largest absolute Gasteiger partial charge is 0.310 e. The van der Waals surface area contributed by atoms with Crippen LogP contribution >= 0.6 is 0 Å². The smallest absolute Gasteiger partial charge is 0.251 e. The Morgan fingerprint density at radius 1 is 1.25 bits per heavy atom. The molecule has 2 N–H and O–H groups in total. The summed E-state index contributed by atoms with van der Waals surface area (Å²) < 4.78 is 50.1. The quantitative estimate of drug-likeness (QED) is 0.810. The van der Waals surface area contributed by atoms with Crippen LogP contribution in [0.2, 0.25) is 0 Å². The van der Waals surface area contributed by atoms with Crippen LogP contribution < -0.4 is 10.0 Å². The topological polar surface area (TPSA) is 58.2 Å². The number of sulfonamides is 1. The van der Waals surface area contributed by atoms with Gasteiger partial charge in [-0.1, -0.05) is 26.0 Å². The van der Waals surface area contributed by atoms with Gasteiger partial charge in [0, 0.05) is 12.6 Å². The molecule has 0 saturated heterocycles. The standard InChI is InChI=1S/C13H20F2N2O2S/c1-9(2)16-7-11-5-4-10(3)12(6-11)20(18,19)17-8-13(14)15/h4-6,9,13,16-17H,7-8H2,1-3H3. The molecular weight excluding hydrogens is 286 g/mol. The Bertz CT molecular complexity index is 545. The molecule has 0 aliphatic rings. The highest BCUT2D eigenvalue weighted by Crippen LogP contribution is 2.17. The summed E-state index contributed by atoms with van der Waals surface area (Å²) in [5.41, 5.74) is 1.32. The normalized spacial score (nSPS) is 12.3. The molecule has 0 aliphatic carbocycles. The molecule has 114 valence electrons. The highest BCUT2D eigenvalue weighted by molar-refractivity contribution is 7.89. The molecule has 4 nitrogen and oxygen atoms in total. The van der Waals surface area contributed by atoms with E-state index in [9.17, 15) is 17.2 Å². The van der Waals surface area contributed by atoms with Crippen molar-refractivity contribution >= 4 is 10.0 Å². The van der Waals surface area contributed by atoms with Gasteiger partial charge in [0.15, 0.2) is 0 Å². The molecule has 20 heavy (non-hydrogen) atoms. The molecule has 1 aromatic carbocycles. The molecule has 0 amide bonds. The van der Waals surface area contributed by atoms with Gasteiger partial charge in [0.05, 0.1) is 11.4 Å². The minimum atomic E-state index is -3.90. The van der Waals surface area contributed by atoms with Gasteiger partial charge in [0.2, 0.25) is 10.0 Å². The maximum absolute atomic E-state index is 12.1. The van der Waals surface area contributed by atoms with Gasteiger partial charge in [-0.25, -0.2) is 21.9 Å². The molecule has 0 heterocycles. The maximum Gasteiger partial charge on any atom is 0.251 e. The second-order valence-electron chi connectivity index (χ2n) is 4.88. The number of nitrogens with one attached hydrogen (secondary N) is 2. The first-order valence-electron chi connectivity index (χ1n) is 6.33. The predicted molar refractivity (Wildman–Crippen MR) is 74.3 cm³/mol. The Morgan fingerprint density at radius 3 is 2.45 bits per heavy atom. The SMILES string of the molecule is Cc1ccc(CNC(C)C)cc1S(=O)(=O)NCC(F)F. The first kappa shape index (κ1) is 17.0. The first-order chi connectivity index (χ1) is 9.22. The summed E-state index contributed by atoms with van der Waals surface area (Å²) in [6, 6.07) is 5.28. The van der Waals surface area contributed by atoms with Crippen molar-refractivity contribution in [3.05, 3.63) is 29.3 Å². The molecule has 1 rings (SSSR count). The summed E-state index contributed by atoms with van der Waals surface area (Å²) in [4.78, 5) is 0.0428. The molecule has 0 saturated carbocycles. The summed E-state index contributed by atoms with van der Waals surface area (Å²) in [5, 5.41) is 3.17. The van der Waals surface area contributed by atoms with E-state index in [2.05, 4.69) is 5.32 Å². The van der Waals surface area contributed by atoms with Crippen LogP contribution in [0.1, 0.15) is 25.0 Å². The Hall–Kier alpha value is -1.05. The Morgan fingerprint density at radius 2 is 1.90 bits per heavy atom. The molecule has 0 bridgehead atoms. The van der Waals surface area contributed by atoms with Crippen LogP contribution in [0, 0.1) is 6.92 Å². The summed E-state index contributed by atoms with van der Waals surface area (Å²) in [6.45, 7) is 5.24. The molecular formula is C13H20F2N2O2S. The summed E-state index contributed by atoms with van der Waals surface area (Å²) >= 11 is 0. The van der Waals surface area contributed by atoms with Crippen LogP contribution in [-0.4, -0.2) is 27.4 Å². The first-order valence-corrected chi connectivity index (χ1v) is 7.81. The van der Waals surface area contributed by atoms with Crippen molar-refractivity contribution in [3.8, 4) is 0 Å². The lowest BCUT2D eigenvalue weighted by Crippen LogP contribution is -2.29. The van der Waals surface area contributed by atoms with Gasteiger partial charge in [-0.3, -0.25) is 0 Å². The fourth-order valence-corrected chi connectivity index (χ4v) is 2.92. The van der Waals surface area contributed by atoms with E-state index in [1.54, 1.807) is 13.0 Å². The lowest BCUT2D eigenvalue weighted by atomic mass is 10.1. The van der Waals surface area contributed by atoms with Crippen molar-refractivity contribution in [2.45, 2.75) is 44.7 Å². The maximum atomic E-state index is 12.1. The van der Waals surface area contributed by atoms with E-state index in [4.69, 9.17) is 0 Å². The average Bonchev–Trinajstić information content (AvgIpc) is 2.35. The lowest BCUT2D eigenvalue weighted by Gasteiger charge is -2.12. The minimum Gasteiger partial charge on any atom is -0.310 e. The molecule has 0 aliphatic heterocycles. The Labute approximate surface area is 118 Å². The van der Waals surface area contributed by atoms with Crippen LogP contribution in [0.15, 0.2) is 23.1 Å². The van der Waals surface area contributed by atoms with E-state index in [0.717, 1.165) is 5.56 Å². The summed E-state index contributed by atoms with van der Waals surface area (Å²) in [6.07, 6.45) is -2.71. The Balaban J connectivity index is 2.95. The zero-order valence-electron chi connectivity index (χ0n) is 11.8. The van der Waals surface area contributed by atoms with Gasteiger partial charge in [-0.15, -0.1) is 0 Å².